The summed E-state index contributed by atoms with van der Waals surface area (Å²) < 4.78 is 0. The predicted molar refractivity (Wildman–Crippen MR) is 32.8 cm³/mol. The summed E-state index contributed by atoms with van der Waals surface area (Å²) in [5.74, 6) is 0. The van der Waals surface area contributed by atoms with Crippen LogP contribution in [0.1, 0.15) is 0 Å². The average molecular weight is 135 g/mol. The van der Waals surface area contributed by atoms with Crippen molar-refractivity contribution in [2.75, 3.05) is 6.54 Å². The topological polar surface area (TPSA) is 52.5 Å². The van der Waals surface area contributed by atoms with Gasteiger partial charge in [-0.05, 0) is 0 Å². The first-order valence-corrected chi connectivity index (χ1v) is 3.01. The lowest BCUT2D eigenvalue weighted by Crippen LogP contribution is -2.27. The van der Waals surface area contributed by atoms with E-state index in [4.69, 9.17) is 10.2 Å². The third-order valence-corrected chi connectivity index (χ3v) is 1.74. The molecule has 1 fully saturated rings. The Hall–Kier alpha value is 0.230. The summed E-state index contributed by atoms with van der Waals surface area (Å²) in [7, 11) is 0. The molecule has 3 unspecified atom stereocenters. The molecule has 0 aliphatic carbocycles. The summed E-state index contributed by atoms with van der Waals surface area (Å²) in [6, 6.07) is 0. The van der Waals surface area contributed by atoms with Gasteiger partial charge >= 0.3 is 0 Å². The van der Waals surface area contributed by atoms with E-state index in [9.17, 15) is 0 Å². The number of aliphatic hydroxyl groups excluding tert-OH is 2. The van der Waals surface area contributed by atoms with Gasteiger partial charge in [0.2, 0.25) is 0 Å². The first-order valence-electron chi connectivity index (χ1n) is 2.49. The van der Waals surface area contributed by atoms with Crippen molar-refractivity contribution in [2.24, 2.45) is 0 Å². The second kappa shape index (κ2) is 2.23. The van der Waals surface area contributed by atoms with E-state index in [0.717, 1.165) is 0 Å². The zero-order valence-corrected chi connectivity index (χ0v) is 5.18. The summed E-state index contributed by atoms with van der Waals surface area (Å²) in [6.45, 7) is 0.440. The molecule has 1 aliphatic heterocycles. The summed E-state index contributed by atoms with van der Waals surface area (Å²) in [5.41, 5.74) is 0. The van der Waals surface area contributed by atoms with E-state index >= 15 is 0 Å². The summed E-state index contributed by atoms with van der Waals surface area (Å²) in [5, 5.41) is 20.2. The maximum absolute atomic E-state index is 8.88. The molecule has 0 radical (unpaired) electrons. The normalized spacial score (nSPS) is 47.6. The van der Waals surface area contributed by atoms with Gasteiger partial charge in [0.05, 0.1) is 11.5 Å². The van der Waals surface area contributed by atoms with E-state index in [-0.39, 0.29) is 5.37 Å². The maximum atomic E-state index is 8.88. The third-order valence-electron chi connectivity index (χ3n) is 1.25. The highest BCUT2D eigenvalue weighted by molar-refractivity contribution is 7.81. The van der Waals surface area contributed by atoms with Crippen LogP contribution in [0.3, 0.4) is 0 Å². The largest absolute Gasteiger partial charge is 0.389 e. The molecule has 3 atom stereocenters. The van der Waals surface area contributed by atoms with Crippen LogP contribution in [0.25, 0.3) is 0 Å². The number of aliphatic hydroxyl groups is 2. The van der Waals surface area contributed by atoms with Crippen LogP contribution < -0.4 is 5.32 Å². The summed E-state index contributed by atoms with van der Waals surface area (Å²) in [4.78, 5) is 0. The molecular formula is C4H9NO2S. The lowest BCUT2D eigenvalue weighted by Gasteiger charge is -2.07. The molecule has 0 amide bonds. The molecule has 0 bridgehead atoms. The molecule has 48 valence electrons. The van der Waals surface area contributed by atoms with Gasteiger partial charge in [-0.25, -0.2) is 0 Å². The Kier molecular flexibility index (Phi) is 1.77. The van der Waals surface area contributed by atoms with Crippen LogP contribution in [-0.4, -0.2) is 34.3 Å². The van der Waals surface area contributed by atoms with Gasteiger partial charge in [0.15, 0.2) is 0 Å². The quantitative estimate of drug-likeness (QED) is 0.308. The van der Waals surface area contributed by atoms with Crippen LogP contribution >= 0.6 is 12.6 Å². The SMILES string of the molecule is OC1CNC(S)C1O. The number of nitrogens with one attached hydrogen (secondary N) is 1. The Morgan fingerprint density at radius 3 is 2.25 bits per heavy atom. The van der Waals surface area contributed by atoms with Crippen molar-refractivity contribution in [2.45, 2.75) is 17.6 Å². The second-order valence-electron chi connectivity index (χ2n) is 1.91. The Morgan fingerprint density at radius 2 is 2.12 bits per heavy atom. The first-order chi connectivity index (χ1) is 3.72. The lowest BCUT2D eigenvalue weighted by molar-refractivity contribution is 0.0531. The summed E-state index contributed by atoms with van der Waals surface area (Å²) >= 11 is 3.93. The first kappa shape index (κ1) is 6.35. The van der Waals surface area contributed by atoms with Gasteiger partial charge in [-0.1, -0.05) is 0 Å². The minimum atomic E-state index is -0.710. The molecule has 1 aliphatic rings. The van der Waals surface area contributed by atoms with Gasteiger partial charge in [0, 0.05) is 6.54 Å². The predicted octanol–water partition coefficient (Wildman–Crippen LogP) is -1.43. The van der Waals surface area contributed by atoms with E-state index in [1.165, 1.54) is 0 Å². The van der Waals surface area contributed by atoms with E-state index < -0.39 is 12.2 Å². The van der Waals surface area contributed by atoms with Crippen molar-refractivity contribution >= 4 is 12.6 Å². The lowest BCUT2D eigenvalue weighted by atomic mass is 10.3. The van der Waals surface area contributed by atoms with Crippen LogP contribution in [0, 0.1) is 0 Å². The van der Waals surface area contributed by atoms with Gasteiger partial charge in [-0.15, -0.1) is 0 Å². The second-order valence-corrected chi connectivity index (χ2v) is 2.47. The molecule has 1 rings (SSSR count). The smallest absolute Gasteiger partial charge is 0.105 e. The van der Waals surface area contributed by atoms with Gasteiger partial charge < -0.3 is 15.5 Å². The third kappa shape index (κ3) is 0.974. The highest BCUT2D eigenvalue weighted by Gasteiger charge is 2.29. The molecule has 0 saturated carbocycles. The number of rotatable bonds is 0. The van der Waals surface area contributed by atoms with E-state index in [0.29, 0.717) is 6.54 Å². The molecule has 0 aromatic heterocycles. The molecule has 3 N–H and O–H groups in total. The molecule has 4 heteroatoms. The minimum absolute atomic E-state index is 0.259. The van der Waals surface area contributed by atoms with Crippen LogP contribution in [0.5, 0.6) is 0 Å². The standard InChI is InChI=1S/C4H9NO2S/c6-2-1-5-4(8)3(2)7/h2-8H,1H2. The van der Waals surface area contributed by atoms with E-state index in [2.05, 4.69) is 17.9 Å². The zero-order valence-electron chi connectivity index (χ0n) is 4.28. The van der Waals surface area contributed by atoms with Gasteiger partial charge in [0.1, 0.15) is 6.10 Å². The van der Waals surface area contributed by atoms with Gasteiger partial charge in [-0.3, -0.25) is 0 Å². The molecule has 1 heterocycles. The summed E-state index contributed by atoms with van der Waals surface area (Å²) in [6.07, 6.45) is -1.35. The number of hydrogen-bond donors (Lipinski definition) is 4. The fraction of sp³-hybridized carbons (Fsp3) is 1.00. The van der Waals surface area contributed by atoms with Crippen molar-refractivity contribution in [1.29, 1.82) is 0 Å². The van der Waals surface area contributed by atoms with Gasteiger partial charge in [0.25, 0.3) is 0 Å². The van der Waals surface area contributed by atoms with Gasteiger partial charge in [-0.2, -0.15) is 12.6 Å². The molecule has 1 saturated heterocycles. The number of hydrogen-bond acceptors (Lipinski definition) is 4. The maximum Gasteiger partial charge on any atom is 0.105 e. The minimum Gasteiger partial charge on any atom is -0.389 e. The van der Waals surface area contributed by atoms with Crippen LogP contribution in [0.15, 0.2) is 0 Å². The average Bonchev–Trinajstić information content (AvgIpc) is 1.98. The van der Waals surface area contributed by atoms with Crippen LogP contribution in [-0.2, 0) is 0 Å². The van der Waals surface area contributed by atoms with Crippen molar-refractivity contribution in [1.82, 2.24) is 5.32 Å². The Labute approximate surface area is 53.1 Å². The molecule has 0 aromatic carbocycles. The molecule has 8 heavy (non-hydrogen) atoms. The van der Waals surface area contributed by atoms with Crippen LogP contribution in [0.4, 0.5) is 0 Å². The van der Waals surface area contributed by atoms with Crippen molar-refractivity contribution in [3.8, 4) is 0 Å². The van der Waals surface area contributed by atoms with E-state index in [1.807, 2.05) is 0 Å². The Bertz CT molecular complexity index is 80.1. The molecule has 0 spiro atoms. The molecule has 3 nitrogen and oxygen atoms in total. The van der Waals surface area contributed by atoms with Crippen molar-refractivity contribution in [3.05, 3.63) is 0 Å². The van der Waals surface area contributed by atoms with E-state index in [1.54, 1.807) is 0 Å². The fourth-order valence-corrected chi connectivity index (χ4v) is 0.998. The number of thiol groups is 1. The molecule has 0 aromatic rings. The highest BCUT2D eigenvalue weighted by Crippen LogP contribution is 2.09. The Balaban J connectivity index is 2.44. The van der Waals surface area contributed by atoms with Crippen molar-refractivity contribution < 1.29 is 10.2 Å². The van der Waals surface area contributed by atoms with Crippen LogP contribution in [0.2, 0.25) is 0 Å². The molecular weight excluding hydrogens is 126 g/mol. The van der Waals surface area contributed by atoms with Crippen molar-refractivity contribution in [3.63, 3.8) is 0 Å². The highest BCUT2D eigenvalue weighted by atomic mass is 32.1. The number of β-amino-alcohol motifs (C(OH)–C–C–N with tert-alkyl or cyclic N) is 1. The zero-order chi connectivity index (χ0) is 6.15. The Morgan fingerprint density at radius 1 is 1.50 bits per heavy atom. The fourth-order valence-electron chi connectivity index (χ4n) is 0.693. The monoisotopic (exact) mass is 135 g/mol.